The summed E-state index contributed by atoms with van der Waals surface area (Å²) in [4.78, 5) is 4.93. The Hall–Kier alpha value is -3.80. The van der Waals surface area contributed by atoms with Gasteiger partial charge in [-0.1, -0.05) is 127 Å². The highest BCUT2D eigenvalue weighted by molar-refractivity contribution is 5.83. The Morgan fingerprint density at radius 3 is 1.71 bits per heavy atom. The minimum atomic E-state index is -0.563. The Labute approximate surface area is 243 Å². The van der Waals surface area contributed by atoms with Crippen LogP contribution in [0.2, 0.25) is 0 Å². The molecule has 5 aromatic rings. The van der Waals surface area contributed by atoms with Gasteiger partial charge < -0.3 is 9.84 Å². The molecule has 1 N–H and O–H groups in total. The Kier molecular flexibility index (Phi) is 8.84. The van der Waals surface area contributed by atoms with Crippen molar-refractivity contribution in [3.05, 3.63) is 156 Å². The van der Waals surface area contributed by atoms with Crippen LogP contribution in [0.15, 0.2) is 133 Å². The lowest BCUT2D eigenvalue weighted by Gasteiger charge is -2.40. The number of hydrogen-bond acceptors (Lipinski definition) is 4. The SMILES string of the molecule is OC(COC(c1ccccc1)c1ccc2ccccc2c1)CN1CCN(C(c2ccccc2)c2ccccc2)CC1. The summed E-state index contributed by atoms with van der Waals surface area (Å²) in [5.74, 6) is 0. The van der Waals surface area contributed by atoms with Gasteiger partial charge in [0.15, 0.2) is 0 Å². The second-order valence-corrected chi connectivity index (χ2v) is 10.9. The average molecular weight is 543 g/mol. The Balaban J connectivity index is 1.09. The van der Waals surface area contributed by atoms with Crippen LogP contribution < -0.4 is 0 Å². The van der Waals surface area contributed by atoms with E-state index in [4.69, 9.17) is 4.74 Å². The fraction of sp³-hybridized carbons (Fsp3) is 0.243. The van der Waals surface area contributed by atoms with Crippen molar-refractivity contribution in [3.8, 4) is 0 Å². The summed E-state index contributed by atoms with van der Waals surface area (Å²) in [6, 6.07) is 47.0. The summed E-state index contributed by atoms with van der Waals surface area (Å²) in [5.41, 5.74) is 4.84. The molecule has 1 heterocycles. The third kappa shape index (κ3) is 6.75. The molecule has 0 radical (unpaired) electrons. The number of fused-ring (bicyclic) bond motifs is 1. The topological polar surface area (TPSA) is 35.9 Å². The predicted molar refractivity (Wildman–Crippen MR) is 167 cm³/mol. The highest BCUT2D eigenvalue weighted by Gasteiger charge is 2.27. The Morgan fingerprint density at radius 1 is 0.561 bits per heavy atom. The summed E-state index contributed by atoms with van der Waals surface area (Å²) in [6.07, 6.45) is -0.794. The van der Waals surface area contributed by atoms with Crippen LogP contribution in [0.1, 0.15) is 34.4 Å². The molecule has 0 saturated carbocycles. The fourth-order valence-corrected chi connectivity index (χ4v) is 6.03. The van der Waals surface area contributed by atoms with Crippen molar-refractivity contribution in [3.63, 3.8) is 0 Å². The molecule has 41 heavy (non-hydrogen) atoms. The van der Waals surface area contributed by atoms with Crippen LogP contribution in [0.3, 0.4) is 0 Å². The number of nitrogens with zero attached hydrogens (tertiary/aromatic N) is 2. The van der Waals surface area contributed by atoms with Crippen molar-refractivity contribution in [2.24, 2.45) is 0 Å². The Morgan fingerprint density at radius 2 is 1.10 bits per heavy atom. The van der Waals surface area contributed by atoms with Gasteiger partial charge in [0.25, 0.3) is 0 Å². The maximum absolute atomic E-state index is 11.1. The van der Waals surface area contributed by atoms with Gasteiger partial charge in [0.2, 0.25) is 0 Å². The third-order valence-electron chi connectivity index (χ3n) is 8.11. The van der Waals surface area contributed by atoms with E-state index in [0.29, 0.717) is 6.54 Å². The standard InChI is InChI=1S/C37H38N2O2/c40-35(28-41-37(32-17-8-3-9-18-32)34-21-20-29-12-10-11-19-33(29)26-34)27-38-22-24-39(25-23-38)36(30-13-4-1-5-14-30)31-15-6-2-7-16-31/h1-21,26,35-37,40H,22-25,27-28H2. The molecule has 1 fully saturated rings. The van der Waals surface area contributed by atoms with Gasteiger partial charge in [-0.3, -0.25) is 9.80 Å². The molecule has 0 aromatic heterocycles. The molecule has 1 aliphatic rings. The summed E-state index contributed by atoms with van der Waals surface area (Å²) in [6.45, 7) is 4.62. The number of β-amino-alcohol motifs (C(OH)–C–C–N with tert-alkyl or cyclic N) is 1. The van der Waals surface area contributed by atoms with Gasteiger partial charge in [-0.2, -0.15) is 0 Å². The number of hydrogen-bond donors (Lipinski definition) is 1. The zero-order chi connectivity index (χ0) is 27.9. The molecule has 4 heteroatoms. The van der Waals surface area contributed by atoms with E-state index < -0.39 is 6.10 Å². The van der Waals surface area contributed by atoms with E-state index >= 15 is 0 Å². The minimum absolute atomic E-state index is 0.232. The number of rotatable bonds is 10. The van der Waals surface area contributed by atoms with E-state index in [1.807, 2.05) is 18.2 Å². The normalized spacial score (nSPS) is 16.1. The molecule has 2 unspecified atom stereocenters. The van der Waals surface area contributed by atoms with Crippen molar-refractivity contribution in [2.75, 3.05) is 39.3 Å². The van der Waals surface area contributed by atoms with E-state index in [2.05, 4.69) is 125 Å². The molecule has 0 spiro atoms. The lowest BCUT2D eigenvalue weighted by Crippen LogP contribution is -2.50. The quantitative estimate of drug-likeness (QED) is 0.213. The lowest BCUT2D eigenvalue weighted by molar-refractivity contribution is -0.0158. The first-order valence-electron chi connectivity index (χ1n) is 14.6. The van der Waals surface area contributed by atoms with E-state index in [9.17, 15) is 5.11 Å². The highest BCUT2D eigenvalue weighted by Crippen LogP contribution is 2.31. The summed E-state index contributed by atoms with van der Waals surface area (Å²) in [7, 11) is 0. The molecule has 6 rings (SSSR count). The molecule has 0 bridgehead atoms. The van der Waals surface area contributed by atoms with Crippen LogP contribution >= 0.6 is 0 Å². The van der Waals surface area contributed by atoms with Gasteiger partial charge in [-0.05, 0) is 39.1 Å². The van der Waals surface area contributed by atoms with Gasteiger partial charge >= 0.3 is 0 Å². The first-order valence-corrected chi connectivity index (χ1v) is 14.6. The fourth-order valence-electron chi connectivity index (χ4n) is 6.03. The molecular weight excluding hydrogens is 504 g/mol. The van der Waals surface area contributed by atoms with Gasteiger partial charge in [0.05, 0.1) is 18.8 Å². The maximum Gasteiger partial charge on any atom is 0.108 e. The third-order valence-corrected chi connectivity index (χ3v) is 8.11. The second kappa shape index (κ2) is 13.2. The van der Waals surface area contributed by atoms with E-state index in [0.717, 1.165) is 37.3 Å². The first kappa shape index (κ1) is 27.4. The molecule has 208 valence electrons. The van der Waals surface area contributed by atoms with Crippen molar-refractivity contribution < 1.29 is 9.84 Å². The van der Waals surface area contributed by atoms with Crippen molar-refractivity contribution in [1.29, 1.82) is 0 Å². The van der Waals surface area contributed by atoms with Crippen LogP contribution in [0.25, 0.3) is 10.8 Å². The van der Waals surface area contributed by atoms with E-state index in [-0.39, 0.29) is 18.8 Å². The van der Waals surface area contributed by atoms with Gasteiger partial charge in [0, 0.05) is 32.7 Å². The van der Waals surface area contributed by atoms with E-state index in [1.54, 1.807) is 0 Å². The molecule has 0 aliphatic carbocycles. The molecule has 0 amide bonds. The molecule has 4 nitrogen and oxygen atoms in total. The maximum atomic E-state index is 11.1. The van der Waals surface area contributed by atoms with E-state index in [1.165, 1.54) is 21.9 Å². The van der Waals surface area contributed by atoms with Gasteiger partial charge in [-0.15, -0.1) is 0 Å². The molecule has 2 atom stereocenters. The molecule has 5 aromatic carbocycles. The lowest BCUT2D eigenvalue weighted by atomic mass is 9.96. The number of aliphatic hydroxyl groups excluding tert-OH is 1. The summed E-state index contributed by atoms with van der Waals surface area (Å²) < 4.78 is 6.45. The van der Waals surface area contributed by atoms with Crippen LogP contribution in [0, 0.1) is 0 Å². The molecule has 1 saturated heterocycles. The molecular formula is C37H38N2O2. The highest BCUT2D eigenvalue weighted by atomic mass is 16.5. The summed E-state index contributed by atoms with van der Waals surface area (Å²) in [5, 5.41) is 13.5. The van der Waals surface area contributed by atoms with Crippen molar-refractivity contribution in [1.82, 2.24) is 9.80 Å². The number of benzene rings is 5. The van der Waals surface area contributed by atoms with Gasteiger partial charge in [0.1, 0.15) is 6.10 Å². The predicted octanol–water partition coefficient (Wildman–Crippen LogP) is 6.71. The van der Waals surface area contributed by atoms with Crippen LogP contribution in [0.5, 0.6) is 0 Å². The largest absolute Gasteiger partial charge is 0.389 e. The summed E-state index contributed by atoms with van der Waals surface area (Å²) >= 11 is 0. The zero-order valence-electron chi connectivity index (χ0n) is 23.4. The van der Waals surface area contributed by atoms with Gasteiger partial charge in [-0.25, -0.2) is 0 Å². The van der Waals surface area contributed by atoms with Crippen LogP contribution in [-0.2, 0) is 4.74 Å². The van der Waals surface area contributed by atoms with Crippen LogP contribution in [-0.4, -0.2) is 60.3 Å². The Bertz CT molecular complexity index is 1460. The monoisotopic (exact) mass is 542 g/mol. The average Bonchev–Trinajstić information content (AvgIpc) is 3.04. The zero-order valence-corrected chi connectivity index (χ0v) is 23.4. The van der Waals surface area contributed by atoms with Crippen molar-refractivity contribution in [2.45, 2.75) is 18.2 Å². The number of piperazine rings is 1. The van der Waals surface area contributed by atoms with Crippen LogP contribution in [0.4, 0.5) is 0 Å². The number of aliphatic hydroxyl groups is 1. The van der Waals surface area contributed by atoms with Crippen molar-refractivity contribution >= 4 is 10.8 Å². The minimum Gasteiger partial charge on any atom is -0.389 e. The first-order chi connectivity index (χ1) is 20.2. The number of ether oxygens (including phenoxy) is 1. The second-order valence-electron chi connectivity index (χ2n) is 10.9. The molecule has 1 aliphatic heterocycles. The smallest absolute Gasteiger partial charge is 0.108 e.